The summed E-state index contributed by atoms with van der Waals surface area (Å²) in [5.74, 6) is -0.170. The molecule has 0 radical (unpaired) electrons. The number of aryl methyl sites for hydroxylation is 1. The molecule has 0 saturated heterocycles. The Morgan fingerprint density at radius 1 is 1.58 bits per heavy atom. The van der Waals surface area contributed by atoms with Crippen LogP contribution in [0.15, 0.2) is 18.5 Å². The Balaban J connectivity index is 2.19. The zero-order valence-corrected chi connectivity index (χ0v) is 11.1. The normalized spacial score (nSPS) is 12.6. The second-order valence-corrected chi connectivity index (χ2v) is 4.59. The number of hydrogen-bond acceptors (Lipinski definition) is 4. The lowest BCUT2D eigenvalue weighted by molar-refractivity contribution is 0.0937. The maximum Gasteiger partial charge on any atom is 0.257 e. The third-order valence-electron chi connectivity index (χ3n) is 2.97. The number of carbonyl (C=O) groups excluding carboxylic acids is 1. The number of aromatic nitrogens is 3. The van der Waals surface area contributed by atoms with Crippen molar-refractivity contribution in [2.75, 3.05) is 6.61 Å². The Labute approximate surface area is 111 Å². The van der Waals surface area contributed by atoms with E-state index in [1.807, 2.05) is 6.92 Å². The average molecular weight is 262 g/mol. The Bertz CT molecular complexity index is 579. The number of rotatable bonds is 5. The average Bonchev–Trinajstić information content (AvgIpc) is 2.72. The Hall–Kier alpha value is -1.95. The molecule has 0 bridgehead atoms. The SMILES string of the molecule is Cc1nn2cccnc2c1C(=O)NC(C)CCCO. The number of carbonyl (C=O) groups is 1. The van der Waals surface area contributed by atoms with E-state index >= 15 is 0 Å². The van der Waals surface area contributed by atoms with Crippen LogP contribution in [-0.4, -0.2) is 38.3 Å². The fraction of sp³-hybridized carbons (Fsp3) is 0.462. The van der Waals surface area contributed by atoms with Gasteiger partial charge in [0.2, 0.25) is 0 Å². The molecule has 1 unspecified atom stereocenters. The predicted octanol–water partition coefficient (Wildman–Crippen LogP) is 0.929. The van der Waals surface area contributed by atoms with Gasteiger partial charge in [-0.15, -0.1) is 0 Å². The van der Waals surface area contributed by atoms with Gasteiger partial charge in [-0.05, 0) is 32.8 Å². The molecular formula is C13H18N4O2. The molecule has 6 nitrogen and oxygen atoms in total. The second kappa shape index (κ2) is 5.79. The van der Waals surface area contributed by atoms with E-state index in [2.05, 4.69) is 15.4 Å². The van der Waals surface area contributed by atoms with Gasteiger partial charge in [-0.3, -0.25) is 4.79 Å². The molecule has 0 aromatic carbocycles. The van der Waals surface area contributed by atoms with Crippen molar-refractivity contribution in [1.82, 2.24) is 19.9 Å². The Morgan fingerprint density at radius 3 is 3.11 bits per heavy atom. The smallest absolute Gasteiger partial charge is 0.257 e. The largest absolute Gasteiger partial charge is 0.396 e. The van der Waals surface area contributed by atoms with Gasteiger partial charge in [0.25, 0.3) is 5.91 Å². The molecule has 2 aromatic rings. The van der Waals surface area contributed by atoms with Crippen LogP contribution in [-0.2, 0) is 0 Å². The highest BCUT2D eigenvalue weighted by atomic mass is 16.3. The molecule has 0 aliphatic heterocycles. The van der Waals surface area contributed by atoms with E-state index in [-0.39, 0.29) is 18.6 Å². The predicted molar refractivity (Wildman–Crippen MR) is 71.0 cm³/mol. The number of hydrogen-bond donors (Lipinski definition) is 2. The van der Waals surface area contributed by atoms with Crippen LogP contribution in [0, 0.1) is 6.92 Å². The molecule has 2 aromatic heterocycles. The first kappa shape index (κ1) is 13.5. The molecule has 2 heterocycles. The van der Waals surface area contributed by atoms with Crippen LogP contribution in [0.4, 0.5) is 0 Å². The van der Waals surface area contributed by atoms with Gasteiger partial charge in [-0.2, -0.15) is 5.10 Å². The van der Waals surface area contributed by atoms with Crippen LogP contribution in [0.25, 0.3) is 5.65 Å². The molecule has 2 rings (SSSR count). The van der Waals surface area contributed by atoms with Gasteiger partial charge in [0, 0.05) is 25.0 Å². The van der Waals surface area contributed by atoms with E-state index in [0.29, 0.717) is 23.3 Å². The minimum Gasteiger partial charge on any atom is -0.396 e. The summed E-state index contributed by atoms with van der Waals surface area (Å²) in [5.41, 5.74) is 1.73. The van der Waals surface area contributed by atoms with Crippen molar-refractivity contribution in [3.63, 3.8) is 0 Å². The molecule has 0 saturated carbocycles. The molecule has 6 heteroatoms. The molecule has 1 atom stereocenters. The molecule has 102 valence electrons. The minimum absolute atomic E-state index is 0.0118. The number of nitrogens with one attached hydrogen (secondary N) is 1. The summed E-state index contributed by atoms with van der Waals surface area (Å²) >= 11 is 0. The maximum atomic E-state index is 12.2. The molecule has 0 fully saturated rings. The van der Waals surface area contributed by atoms with Gasteiger partial charge in [0.1, 0.15) is 5.56 Å². The zero-order chi connectivity index (χ0) is 13.8. The highest BCUT2D eigenvalue weighted by Gasteiger charge is 2.19. The van der Waals surface area contributed by atoms with Crippen LogP contribution in [0.1, 0.15) is 35.8 Å². The summed E-state index contributed by atoms with van der Waals surface area (Å²) in [7, 11) is 0. The minimum atomic E-state index is -0.170. The third kappa shape index (κ3) is 2.90. The Kier molecular flexibility index (Phi) is 4.11. The van der Waals surface area contributed by atoms with E-state index in [4.69, 9.17) is 5.11 Å². The standard InChI is InChI=1S/C13H18N4O2/c1-9(5-3-8-18)15-13(19)11-10(2)16-17-7-4-6-14-12(11)17/h4,6-7,9,18H,3,5,8H2,1-2H3,(H,15,19). The summed E-state index contributed by atoms with van der Waals surface area (Å²) in [5, 5.41) is 15.9. The molecule has 1 amide bonds. The van der Waals surface area contributed by atoms with Crippen molar-refractivity contribution in [3.05, 3.63) is 29.7 Å². The topological polar surface area (TPSA) is 79.5 Å². The zero-order valence-electron chi connectivity index (χ0n) is 11.1. The maximum absolute atomic E-state index is 12.2. The van der Waals surface area contributed by atoms with Gasteiger partial charge in [0.15, 0.2) is 5.65 Å². The van der Waals surface area contributed by atoms with Gasteiger partial charge >= 0.3 is 0 Å². The molecular weight excluding hydrogens is 244 g/mol. The summed E-state index contributed by atoms with van der Waals surface area (Å²) < 4.78 is 1.60. The monoisotopic (exact) mass is 262 g/mol. The lowest BCUT2D eigenvalue weighted by Gasteiger charge is -2.12. The summed E-state index contributed by atoms with van der Waals surface area (Å²) in [6, 6.07) is 1.78. The van der Waals surface area contributed by atoms with E-state index in [1.165, 1.54) is 0 Å². The van der Waals surface area contributed by atoms with Crippen LogP contribution in [0.5, 0.6) is 0 Å². The molecule has 0 spiro atoms. The van der Waals surface area contributed by atoms with Gasteiger partial charge < -0.3 is 10.4 Å². The van der Waals surface area contributed by atoms with E-state index < -0.39 is 0 Å². The number of aliphatic hydroxyl groups is 1. The number of aliphatic hydroxyl groups excluding tert-OH is 1. The third-order valence-corrected chi connectivity index (χ3v) is 2.97. The number of fused-ring (bicyclic) bond motifs is 1. The van der Waals surface area contributed by atoms with E-state index in [9.17, 15) is 4.79 Å². The van der Waals surface area contributed by atoms with Gasteiger partial charge in [-0.25, -0.2) is 9.50 Å². The molecule has 0 aliphatic carbocycles. The van der Waals surface area contributed by atoms with Crippen molar-refractivity contribution in [1.29, 1.82) is 0 Å². The van der Waals surface area contributed by atoms with Crippen LogP contribution < -0.4 is 5.32 Å². The van der Waals surface area contributed by atoms with Crippen molar-refractivity contribution < 1.29 is 9.90 Å². The number of amides is 1. The Morgan fingerprint density at radius 2 is 2.37 bits per heavy atom. The first-order chi connectivity index (χ1) is 9.13. The quantitative estimate of drug-likeness (QED) is 0.840. The lowest BCUT2D eigenvalue weighted by atomic mass is 10.1. The highest BCUT2D eigenvalue weighted by molar-refractivity contribution is 6.01. The van der Waals surface area contributed by atoms with E-state index in [0.717, 1.165) is 6.42 Å². The van der Waals surface area contributed by atoms with Crippen molar-refractivity contribution in [3.8, 4) is 0 Å². The second-order valence-electron chi connectivity index (χ2n) is 4.59. The van der Waals surface area contributed by atoms with E-state index in [1.54, 1.807) is 29.9 Å². The van der Waals surface area contributed by atoms with Gasteiger partial charge in [-0.1, -0.05) is 0 Å². The number of nitrogens with zero attached hydrogens (tertiary/aromatic N) is 3. The van der Waals surface area contributed by atoms with Crippen LogP contribution in [0.2, 0.25) is 0 Å². The van der Waals surface area contributed by atoms with Crippen LogP contribution in [0.3, 0.4) is 0 Å². The molecule has 0 aliphatic rings. The fourth-order valence-corrected chi connectivity index (χ4v) is 2.03. The summed E-state index contributed by atoms with van der Waals surface area (Å²) in [6.45, 7) is 3.85. The van der Waals surface area contributed by atoms with Crippen molar-refractivity contribution >= 4 is 11.6 Å². The summed E-state index contributed by atoms with van der Waals surface area (Å²) in [6.07, 6.45) is 4.82. The highest BCUT2D eigenvalue weighted by Crippen LogP contribution is 2.13. The van der Waals surface area contributed by atoms with Crippen molar-refractivity contribution in [2.24, 2.45) is 0 Å². The first-order valence-corrected chi connectivity index (χ1v) is 6.35. The summed E-state index contributed by atoms with van der Waals surface area (Å²) in [4.78, 5) is 16.4. The fourth-order valence-electron chi connectivity index (χ4n) is 2.03. The molecule has 19 heavy (non-hydrogen) atoms. The van der Waals surface area contributed by atoms with Gasteiger partial charge in [0.05, 0.1) is 5.69 Å². The van der Waals surface area contributed by atoms with Crippen molar-refractivity contribution in [2.45, 2.75) is 32.7 Å². The van der Waals surface area contributed by atoms with Crippen LogP contribution >= 0.6 is 0 Å². The molecule has 2 N–H and O–H groups in total. The lowest BCUT2D eigenvalue weighted by Crippen LogP contribution is -2.33. The first-order valence-electron chi connectivity index (χ1n) is 6.35.